The van der Waals surface area contributed by atoms with Crippen molar-refractivity contribution in [2.45, 2.75) is 40.0 Å². The van der Waals surface area contributed by atoms with E-state index in [0.29, 0.717) is 22.5 Å². The number of halogens is 2. The first kappa shape index (κ1) is 21.2. The second kappa shape index (κ2) is 10.9. The molecule has 0 bridgehead atoms. The van der Waals surface area contributed by atoms with E-state index in [2.05, 4.69) is 32.7 Å². The molecule has 0 radical (unpaired) electrons. The van der Waals surface area contributed by atoms with Gasteiger partial charge in [-0.2, -0.15) is 5.10 Å². The molecular formula is C20H25Cl2N5. The Hall–Kier alpha value is -2.11. The summed E-state index contributed by atoms with van der Waals surface area (Å²) in [4.78, 5) is 8.51. The van der Waals surface area contributed by atoms with E-state index >= 15 is 0 Å². The number of hydrazone groups is 1. The fourth-order valence-corrected chi connectivity index (χ4v) is 2.63. The predicted octanol–water partition coefficient (Wildman–Crippen LogP) is 6.13. The molecule has 3 rings (SSSR count). The quantitative estimate of drug-likeness (QED) is 0.330. The SMILES string of the molecule is CC.CC/C=C(\N/N=C/C1CC1)Nc1cc(-c2ccccc2Cl)nc(Cl)n1. The molecule has 0 aliphatic heterocycles. The van der Waals surface area contributed by atoms with Crippen molar-refractivity contribution in [3.05, 3.63) is 52.5 Å². The van der Waals surface area contributed by atoms with Crippen LogP contribution in [0.3, 0.4) is 0 Å². The first-order valence-electron chi connectivity index (χ1n) is 9.21. The van der Waals surface area contributed by atoms with Gasteiger partial charge in [0.25, 0.3) is 0 Å². The number of aromatic nitrogens is 2. The van der Waals surface area contributed by atoms with Crippen LogP contribution in [0.5, 0.6) is 0 Å². The Balaban J connectivity index is 0.00000126. The van der Waals surface area contributed by atoms with Crippen LogP contribution >= 0.6 is 23.2 Å². The van der Waals surface area contributed by atoms with Crippen molar-refractivity contribution >= 4 is 35.2 Å². The lowest BCUT2D eigenvalue weighted by Crippen LogP contribution is -2.15. The van der Waals surface area contributed by atoms with E-state index in [0.717, 1.165) is 17.8 Å². The van der Waals surface area contributed by atoms with E-state index in [1.165, 1.54) is 12.8 Å². The second-order valence-corrected chi connectivity index (χ2v) is 6.51. The van der Waals surface area contributed by atoms with Crippen LogP contribution < -0.4 is 10.7 Å². The van der Waals surface area contributed by atoms with Gasteiger partial charge in [-0.1, -0.05) is 50.6 Å². The zero-order valence-electron chi connectivity index (χ0n) is 15.8. The molecule has 0 unspecified atom stereocenters. The highest BCUT2D eigenvalue weighted by atomic mass is 35.5. The minimum absolute atomic E-state index is 0.150. The van der Waals surface area contributed by atoms with Crippen LogP contribution in [0.15, 0.2) is 47.3 Å². The highest BCUT2D eigenvalue weighted by molar-refractivity contribution is 6.33. The average molecular weight is 406 g/mol. The van der Waals surface area contributed by atoms with Gasteiger partial charge in [-0.15, -0.1) is 0 Å². The number of hydrogen-bond acceptors (Lipinski definition) is 5. The summed E-state index contributed by atoms with van der Waals surface area (Å²) in [6.07, 6.45) is 7.22. The fraction of sp³-hybridized carbons (Fsp3) is 0.350. The Morgan fingerprint density at radius 1 is 1.22 bits per heavy atom. The molecule has 1 aliphatic rings. The van der Waals surface area contributed by atoms with Crippen LogP contribution in [0.2, 0.25) is 10.3 Å². The van der Waals surface area contributed by atoms with Gasteiger partial charge in [-0.25, -0.2) is 9.97 Å². The van der Waals surface area contributed by atoms with Crippen LogP contribution in [0.25, 0.3) is 11.3 Å². The van der Waals surface area contributed by atoms with E-state index < -0.39 is 0 Å². The van der Waals surface area contributed by atoms with Crippen molar-refractivity contribution in [1.82, 2.24) is 15.4 Å². The molecule has 1 aliphatic carbocycles. The molecule has 1 fully saturated rings. The lowest BCUT2D eigenvalue weighted by molar-refractivity contribution is 0.874. The normalized spacial score (nSPS) is 13.9. The first-order chi connectivity index (χ1) is 13.2. The van der Waals surface area contributed by atoms with Crippen molar-refractivity contribution in [3.63, 3.8) is 0 Å². The molecule has 7 heteroatoms. The maximum atomic E-state index is 6.26. The van der Waals surface area contributed by atoms with Gasteiger partial charge < -0.3 is 5.32 Å². The van der Waals surface area contributed by atoms with Gasteiger partial charge in [0.15, 0.2) is 0 Å². The summed E-state index contributed by atoms with van der Waals surface area (Å²) in [7, 11) is 0. The highest BCUT2D eigenvalue weighted by Gasteiger charge is 2.18. The molecule has 0 saturated heterocycles. The van der Waals surface area contributed by atoms with Crippen molar-refractivity contribution < 1.29 is 0 Å². The number of allylic oxidation sites excluding steroid dienone is 1. The zero-order chi connectivity index (χ0) is 19.6. The average Bonchev–Trinajstić information content (AvgIpc) is 3.48. The van der Waals surface area contributed by atoms with Gasteiger partial charge in [0, 0.05) is 22.9 Å². The molecule has 5 nitrogen and oxygen atoms in total. The van der Waals surface area contributed by atoms with Crippen LogP contribution in [0, 0.1) is 5.92 Å². The number of benzene rings is 1. The summed E-state index contributed by atoms with van der Waals surface area (Å²) in [6.45, 7) is 6.05. The fourth-order valence-electron chi connectivity index (χ4n) is 2.21. The number of nitrogens with one attached hydrogen (secondary N) is 2. The third-order valence-corrected chi connectivity index (χ3v) is 4.11. The molecule has 1 aromatic heterocycles. The van der Waals surface area contributed by atoms with E-state index in [4.69, 9.17) is 23.2 Å². The van der Waals surface area contributed by atoms with Crippen LogP contribution in [-0.2, 0) is 0 Å². The minimum atomic E-state index is 0.150. The number of anilines is 1. The van der Waals surface area contributed by atoms with Gasteiger partial charge >= 0.3 is 0 Å². The molecule has 0 spiro atoms. The molecule has 1 heterocycles. The first-order valence-corrected chi connectivity index (χ1v) is 9.97. The zero-order valence-corrected chi connectivity index (χ0v) is 17.3. The molecule has 27 heavy (non-hydrogen) atoms. The molecule has 0 amide bonds. The molecule has 0 atom stereocenters. The van der Waals surface area contributed by atoms with Crippen LogP contribution in [0.1, 0.15) is 40.0 Å². The lowest BCUT2D eigenvalue weighted by Gasteiger charge is -2.11. The topological polar surface area (TPSA) is 62.2 Å². The van der Waals surface area contributed by atoms with Crippen molar-refractivity contribution in [1.29, 1.82) is 0 Å². The largest absolute Gasteiger partial charge is 0.325 e. The monoisotopic (exact) mass is 405 g/mol. The highest BCUT2D eigenvalue weighted by Crippen LogP contribution is 2.28. The van der Waals surface area contributed by atoms with Crippen molar-refractivity contribution in [3.8, 4) is 11.3 Å². The summed E-state index contributed by atoms with van der Waals surface area (Å²) in [5.41, 5.74) is 4.48. The Bertz CT molecular complexity index is 801. The Kier molecular flexibility index (Phi) is 8.55. The van der Waals surface area contributed by atoms with E-state index in [1.54, 1.807) is 0 Å². The van der Waals surface area contributed by atoms with Gasteiger partial charge in [-0.05, 0) is 48.9 Å². The van der Waals surface area contributed by atoms with Crippen molar-refractivity contribution in [2.75, 3.05) is 5.32 Å². The summed E-state index contributed by atoms with van der Waals surface area (Å²) in [5.74, 6) is 1.93. The Labute approximate surface area is 170 Å². The maximum Gasteiger partial charge on any atom is 0.224 e. The lowest BCUT2D eigenvalue weighted by atomic mass is 10.1. The molecule has 144 valence electrons. The third-order valence-electron chi connectivity index (χ3n) is 3.61. The molecular weight excluding hydrogens is 381 g/mol. The summed E-state index contributed by atoms with van der Waals surface area (Å²) in [6, 6.07) is 9.30. The standard InChI is InChI=1S/C18H19Cl2N5.C2H6/c1-2-5-16(25-21-11-12-8-9-12)23-17-10-15(22-18(20)24-17)13-6-3-4-7-14(13)19;1-2/h3-7,10-12,25H,2,8-9H2,1H3,(H,22,23,24);1-2H3/b16-5-,21-11+;. The summed E-state index contributed by atoms with van der Waals surface area (Å²) < 4.78 is 0. The molecule has 1 aromatic carbocycles. The smallest absolute Gasteiger partial charge is 0.224 e. The summed E-state index contributed by atoms with van der Waals surface area (Å²) in [5, 5.41) is 8.23. The van der Waals surface area contributed by atoms with Gasteiger partial charge in [0.2, 0.25) is 5.28 Å². The number of nitrogens with zero attached hydrogens (tertiary/aromatic N) is 3. The third kappa shape index (κ3) is 6.85. The molecule has 2 N–H and O–H groups in total. The Morgan fingerprint density at radius 3 is 2.63 bits per heavy atom. The van der Waals surface area contributed by atoms with Crippen LogP contribution in [0.4, 0.5) is 5.82 Å². The van der Waals surface area contributed by atoms with Crippen LogP contribution in [-0.4, -0.2) is 16.2 Å². The molecule has 1 saturated carbocycles. The second-order valence-electron chi connectivity index (χ2n) is 5.77. The van der Waals surface area contributed by atoms with Crippen molar-refractivity contribution in [2.24, 2.45) is 11.0 Å². The number of rotatable bonds is 7. The Morgan fingerprint density at radius 2 is 1.96 bits per heavy atom. The number of hydrogen-bond donors (Lipinski definition) is 2. The minimum Gasteiger partial charge on any atom is -0.325 e. The summed E-state index contributed by atoms with van der Waals surface area (Å²) >= 11 is 12.3. The maximum absolute atomic E-state index is 6.26. The molecule has 2 aromatic rings. The van der Waals surface area contributed by atoms with Gasteiger partial charge in [-0.3, -0.25) is 5.43 Å². The van der Waals surface area contributed by atoms with E-state index in [-0.39, 0.29) is 5.28 Å². The van der Waals surface area contributed by atoms with Gasteiger partial charge in [0.1, 0.15) is 11.6 Å². The van der Waals surface area contributed by atoms with E-state index in [1.807, 2.05) is 56.5 Å². The van der Waals surface area contributed by atoms with Gasteiger partial charge in [0.05, 0.1) is 5.69 Å². The van der Waals surface area contributed by atoms with E-state index in [9.17, 15) is 0 Å². The predicted molar refractivity (Wildman–Crippen MR) is 115 cm³/mol.